The van der Waals surface area contributed by atoms with E-state index < -0.39 is 0 Å². The lowest BCUT2D eigenvalue weighted by atomic mass is 10.1. The van der Waals surface area contributed by atoms with E-state index in [1.54, 1.807) is 6.20 Å². The zero-order valence-electron chi connectivity index (χ0n) is 7.61. The molecule has 0 radical (unpaired) electrons. The number of aromatic nitrogens is 2. The third-order valence-electron chi connectivity index (χ3n) is 2.75. The first-order valence-corrected chi connectivity index (χ1v) is 4.81. The largest absolute Gasteiger partial charge is 0.322 e. The van der Waals surface area contributed by atoms with Crippen molar-refractivity contribution in [2.75, 3.05) is 0 Å². The summed E-state index contributed by atoms with van der Waals surface area (Å²) >= 11 is 0. The predicted molar refractivity (Wildman–Crippen MR) is 48.9 cm³/mol. The Labute approximate surface area is 78.0 Å². The van der Waals surface area contributed by atoms with Gasteiger partial charge in [-0.1, -0.05) is 12.8 Å². The highest BCUT2D eigenvalue weighted by Crippen LogP contribution is 2.26. The molecule has 3 heteroatoms. The Bertz CT molecular complexity index is 315. The maximum Gasteiger partial charge on any atom is 0.212 e. The van der Waals surface area contributed by atoms with Crippen molar-refractivity contribution in [2.45, 2.75) is 32.2 Å². The Kier molecular flexibility index (Phi) is 2.31. The highest BCUT2D eigenvalue weighted by Gasteiger charge is 2.16. The summed E-state index contributed by atoms with van der Waals surface area (Å²) in [4.78, 5) is 3.98. The molecular formula is C10H13N3. The molecule has 0 atom stereocenters. The van der Waals surface area contributed by atoms with Crippen LogP contribution in [0.25, 0.3) is 0 Å². The molecular weight excluding hydrogens is 162 g/mol. The summed E-state index contributed by atoms with van der Waals surface area (Å²) in [5.41, 5.74) is 0. The van der Waals surface area contributed by atoms with E-state index in [4.69, 9.17) is 5.26 Å². The molecule has 1 aromatic heterocycles. The molecule has 68 valence electrons. The maximum atomic E-state index is 8.75. The van der Waals surface area contributed by atoms with E-state index in [1.165, 1.54) is 25.7 Å². The summed E-state index contributed by atoms with van der Waals surface area (Å²) < 4.78 is 1.97. The van der Waals surface area contributed by atoms with E-state index in [-0.39, 0.29) is 0 Å². The molecule has 13 heavy (non-hydrogen) atoms. The third kappa shape index (κ3) is 1.72. The van der Waals surface area contributed by atoms with Gasteiger partial charge in [0.15, 0.2) is 0 Å². The average molecular weight is 175 g/mol. The monoisotopic (exact) mass is 175 g/mol. The van der Waals surface area contributed by atoms with Crippen molar-refractivity contribution in [3.8, 4) is 6.07 Å². The van der Waals surface area contributed by atoms with Crippen LogP contribution in [0.3, 0.4) is 0 Å². The van der Waals surface area contributed by atoms with E-state index in [0.29, 0.717) is 5.82 Å². The fourth-order valence-electron chi connectivity index (χ4n) is 2.04. The lowest BCUT2D eigenvalue weighted by molar-refractivity contribution is 0.454. The SMILES string of the molecule is N#Cc1nccn1CC1CCCC1. The molecule has 1 heterocycles. The Hall–Kier alpha value is -1.30. The van der Waals surface area contributed by atoms with Gasteiger partial charge >= 0.3 is 0 Å². The van der Waals surface area contributed by atoms with Crippen molar-refractivity contribution in [3.05, 3.63) is 18.2 Å². The number of nitrogens with zero attached hydrogens (tertiary/aromatic N) is 3. The first kappa shape index (κ1) is 8.31. The molecule has 0 N–H and O–H groups in total. The minimum absolute atomic E-state index is 0.548. The molecule has 1 aliphatic carbocycles. The van der Waals surface area contributed by atoms with Crippen molar-refractivity contribution in [3.63, 3.8) is 0 Å². The standard InChI is InChI=1S/C10H13N3/c11-7-10-12-5-6-13(10)8-9-3-1-2-4-9/h5-6,9H,1-4,8H2. The quantitative estimate of drug-likeness (QED) is 0.689. The topological polar surface area (TPSA) is 41.6 Å². The smallest absolute Gasteiger partial charge is 0.212 e. The third-order valence-corrected chi connectivity index (χ3v) is 2.75. The minimum Gasteiger partial charge on any atom is -0.322 e. The molecule has 3 nitrogen and oxygen atoms in total. The Balaban J connectivity index is 2.04. The van der Waals surface area contributed by atoms with Gasteiger partial charge < -0.3 is 4.57 Å². The Morgan fingerprint density at radius 1 is 1.54 bits per heavy atom. The molecule has 0 bridgehead atoms. The van der Waals surface area contributed by atoms with Crippen LogP contribution < -0.4 is 0 Å². The molecule has 0 saturated heterocycles. The van der Waals surface area contributed by atoms with Crippen LogP contribution in [-0.2, 0) is 6.54 Å². The highest BCUT2D eigenvalue weighted by atomic mass is 15.1. The molecule has 0 spiro atoms. The van der Waals surface area contributed by atoms with E-state index in [0.717, 1.165) is 12.5 Å². The molecule has 0 unspecified atom stereocenters. The zero-order valence-corrected chi connectivity index (χ0v) is 7.61. The van der Waals surface area contributed by atoms with Crippen LogP contribution in [-0.4, -0.2) is 9.55 Å². The van der Waals surface area contributed by atoms with Gasteiger partial charge in [-0.05, 0) is 18.8 Å². The Morgan fingerprint density at radius 3 is 3.00 bits per heavy atom. The maximum absolute atomic E-state index is 8.75. The number of hydrogen-bond donors (Lipinski definition) is 0. The fraction of sp³-hybridized carbons (Fsp3) is 0.600. The van der Waals surface area contributed by atoms with Crippen molar-refractivity contribution in [2.24, 2.45) is 5.92 Å². The number of rotatable bonds is 2. The molecule has 0 amide bonds. The highest BCUT2D eigenvalue weighted by molar-refractivity contribution is 5.11. The van der Waals surface area contributed by atoms with E-state index in [9.17, 15) is 0 Å². The van der Waals surface area contributed by atoms with Gasteiger partial charge in [-0.3, -0.25) is 0 Å². The summed E-state index contributed by atoms with van der Waals surface area (Å²) in [6.07, 6.45) is 8.92. The number of hydrogen-bond acceptors (Lipinski definition) is 2. The minimum atomic E-state index is 0.548. The summed E-state index contributed by atoms with van der Waals surface area (Å²) in [6.45, 7) is 0.975. The molecule has 1 saturated carbocycles. The van der Waals surface area contributed by atoms with Gasteiger partial charge in [0.05, 0.1) is 0 Å². The van der Waals surface area contributed by atoms with E-state index >= 15 is 0 Å². The summed E-state index contributed by atoms with van der Waals surface area (Å²) in [7, 11) is 0. The van der Waals surface area contributed by atoms with Gasteiger partial charge in [0.1, 0.15) is 6.07 Å². The average Bonchev–Trinajstić information content (AvgIpc) is 2.76. The molecule has 1 fully saturated rings. The molecule has 1 aromatic rings. The first-order chi connectivity index (χ1) is 6.40. The first-order valence-electron chi connectivity index (χ1n) is 4.81. The summed E-state index contributed by atoms with van der Waals surface area (Å²) in [5, 5.41) is 8.75. The lowest BCUT2D eigenvalue weighted by Gasteiger charge is -2.09. The second-order valence-corrected chi connectivity index (χ2v) is 3.67. The van der Waals surface area contributed by atoms with Gasteiger partial charge in [0.25, 0.3) is 0 Å². The summed E-state index contributed by atoms with van der Waals surface area (Å²) in [5.74, 6) is 1.31. The predicted octanol–water partition coefficient (Wildman–Crippen LogP) is 1.94. The van der Waals surface area contributed by atoms with E-state index in [2.05, 4.69) is 11.1 Å². The van der Waals surface area contributed by atoms with Gasteiger partial charge in [-0.2, -0.15) is 5.26 Å². The van der Waals surface area contributed by atoms with Crippen LogP contribution in [0.15, 0.2) is 12.4 Å². The van der Waals surface area contributed by atoms with Crippen LogP contribution in [0.2, 0.25) is 0 Å². The van der Waals surface area contributed by atoms with Crippen LogP contribution in [0, 0.1) is 17.2 Å². The van der Waals surface area contributed by atoms with Gasteiger partial charge in [0, 0.05) is 18.9 Å². The van der Waals surface area contributed by atoms with Crippen LogP contribution in [0.1, 0.15) is 31.5 Å². The Morgan fingerprint density at radius 2 is 2.31 bits per heavy atom. The van der Waals surface area contributed by atoms with Gasteiger partial charge in [0.2, 0.25) is 5.82 Å². The normalized spacial score (nSPS) is 17.5. The van der Waals surface area contributed by atoms with Gasteiger partial charge in [-0.25, -0.2) is 4.98 Å². The molecule has 1 aliphatic rings. The molecule has 0 aromatic carbocycles. The van der Waals surface area contributed by atoms with Crippen LogP contribution in [0.5, 0.6) is 0 Å². The number of nitriles is 1. The van der Waals surface area contributed by atoms with Crippen molar-refractivity contribution < 1.29 is 0 Å². The van der Waals surface area contributed by atoms with Crippen molar-refractivity contribution in [1.29, 1.82) is 5.26 Å². The van der Waals surface area contributed by atoms with Crippen LogP contribution >= 0.6 is 0 Å². The number of imidazole rings is 1. The fourth-order valence-corrected chi connectivity index (χ4v) is 2.04. The molecule has 0 aliphatic heterocycles. The van der Waals surface area contributed by atoms with Crippen molar-refractivity contribution >= 4 is 0 Å². The second kappa shape index (κ2) is 3.61. The van der Waals surface area contributed by atoms with Crippen molar-refractivity contribution in [1.82, 2.24) is 9.55 Å². The summed E-state index contributed by atoms with van der Waals surface area (Å²) in [6, 6.07) is 2.10. The second-order valence-electron chi connectivity index (χ2n) is 3.67. The molecule has 2 rings (SSSR count). The van der Waals surface area contributed by atoms with Gasteiger partial charge in [-0.15, -0.1) is 0 Å². The van der Waals surface area contributed by atoms with Crippen LogP contribution in [0.4, 0.5) is 0 Å². The lowest BCUT2D eigenvalue weighted by Crippen LogP contribution is -2.08. The van der Waals surface area contributed by atoms with E-state index in [1.807, 2.05) is 10.8 Å². The zero-order chi connectivity index (χ0) is 9.10.